The molecular formula is C21H21NO3. The topological polar surface area (TPSA) is 38.8 Å². The molecule has 1 amide bonds. The molecule has 1 fully saturated rings. The van der Waals surface area contributed by atoms with E-state index in [1.807, 2.05) is 36.1 Å². The summed E-state index contributed by atoms with van der Waals surface area (Å²) in [5.74, 6) is 0.953. The molecule has 3 aliphatic heterocycles. The Labute approximate surface area is 147 Å². The summed E-state index contributed by atoms with van der Waals surface area (Å²) in [7, 11) is 0. The van der Waals surface area contributed by atoms with Gasteiger partial charge in [-0.1, -0.05) is 30.3 Å². The van der Waals surface area contributed by atoms with Crippen molar-refractivity contribution >= 4 is 11.6 Å². The molecule has 3 aliphatic rings. The van der Waals surface area contributed by atoms with Crippen molar-refractivity contribution in [1.29, 1.82) is 0 Å². The minimum atomic E-state index is -0.710. The van der Waals surface area contributed by atoms with Gasteiger partial charge in [0.1, 0.15) is 17.8 Å². The van der Waals surface area contributed by atoms with Crippen LogP contribution in [-0.4, -0.2) is 31.8 Å². The number of hydrogen-bond donors (Lipinski definition) is 0. The van der Waals surface area contributed by atoms with Gasteiger partial charge in [0.25, 0.3) is 0 Å². The third-order valence-corrected chi connectivity index (χ3v) is 5.72. The van der Waals surface area contributed by atoms with E-state index in [-0.39, 0.29) is 12.0 Å². The van der Waals surface area contributed by atoms with E-state index in [9.17, 15) is 4.79 Å². The van der Waals surface area contributed by atoms with Gasteiger partial charge >= 0.3 is 0 Å². The minimum Gasteiger partial charge on any atom is -0.491 e. The predicted molar refractivity (Wildman–Crippen MR) is 95.2 cm³/mol. The zero-order valence-electron chi connectivity index (χ0n) is 14.3. The number of amides is 1. The Morgan fingerprint density at radius 2 is 2.08 bits per heavy atom. The smallest absolute Gasteiger partial charge is 0.245 e. The van der Waals surface area contributed by atoms with Crippen molar-refractivity contribution in [2.24, 2.45) is 0 Å². The first-order chi connectivity index (χ1) is 12.2. The number of aryl methyl sites for hydroxylation is 1. The summed E-state index contributed by atoms with van der Waals surface area (Å²) in [6, 6.07) is 14.3. The van der Waals surface area contributed by atoms with Crippen molar-refractivity contribution in [2.75, 3.05) is 24.7 Å². The lowest BCUT2D eigenvalue weighted by molar-refractivity contribution is -0.122. The van der Waals surface area contributed by atoms with Gasteiger partial charge in [-0.3, -0.25) is 4.79 Å². The molecule has 1 spiro atoms. The van der Waals surface area contributed by atoms with Crippen LogP contribution in [0.2, 0.25) is 0 Å². The van der Waals surface area contributed by atoms with E-state index >= 15 is 0 Å². The molecule has 3 heterocycles. The van der Waals surface area contributed by atoms with E-state index < -0.39 is 5.41 Å². The highest BCUT2D eigenvalue weighted by atomic mass is 16.5. The number of nitrogens with zero attached hydrogens (tertiary/aromatic N) is 1. The molecule has 0 radical (unpaired) electrons. The van der Waals surface area contributed by atoms with Crippen molar-refractivity contribution in [3.63, 3.8) is 0 Å². The standard InChI is InChI=1S/C21H21NO3/c1-14-8-9-17-19(11-14)25-13-21(17)16-6-2-3-7-18(16)22(20(21)23)12-15-5-4-10-24-15/h2-3,6-9,11,15H,4-5,10,12-13H2,1H3. The second kappa shape index (κ2) is 5.33. The van der Waals surface area contributed by atoms with Crippen LogP contribution in [0.3, 0.4) is 0 Å². The number of benzene rings is 2. The normalized spacial score (nSPS) is 26.8. The molecule has 25 heavy (non-hydrogen) atoms. The number of carbonyl (C=O) groups is 1. The molecule has 4 nitrogen and oxygen atoms in total. The van der Waals surface area contributed by atoms with Crippen LogP contribution in [0.1, 0.15) is 29.5 Å². The molecule has 1 saturated heterocycles. The Balaban J connectivity index is 1.63. The van der Waals surface area contributed by atoms with E-state index in [1.165, 1.54) is 0 Å². The summed E-state index contributed by atoms with van der Waals surface area (Å²) in [5.41, 5.74) is 3.48. The largest absolute Gasteiger partial charge is 0.491 e. The number of para-hydroxylation sites is 1. The van der Waals surface area contributed by atoms with E-state index in [1.54, 1.807) is 0 Å². The molecule has 0 aliphatic carbocycles. The van der Waals surface area contributed by atoms with Gasteiger partial charge in [0, 0.05) is 17.9 Å². The van der Waals surface area contributed by atoms with E-state index in [2.05, 4.69) is 18.2 Å². The molecule has 2 unspecified atom stereocenters. The van der Waals surface area contributed by atoms with Crippen LogP contribution in [0.15, 0.2) is 42.5 Å². The van der Waals surface area contributed by atoms with Gasteiger partial charge in [-0.05, 0) is 43.0 Å². The number of rotatable bonds is 2. The second-order valence-corrected chi connectivity index (χ2v) is 7.26. The average molecular weight is 335 g/mol. The van der Waals surface area contributed by atoms with Crippen LogP contribution in [0.4, 0.5) is 5.69 Å². The number of ether oxygens (including phenoxy) is 2. The molecule has 0 saturated carbocycles. The molecule has 0 bridgehead atoms. The van der Waals surface area contributed by atoms with Gasteiger partial charge in [0.05, 0.1) is 12.6 Å². The summed E-state index contributed by atoms with van der Waals surface area (Å²) in [6.45, 7) is 3.84. The summed E-state index contributed by atoms with van der Waals surface area (Å²) < 4.78 is 11.8. The zero-order valence-corrected chi connectivity index (χ0v) is 14.3. The van der Waals surface area contributed by atoms with Crippen LogP contribution in [0, 0.1) is 6.92 Å². The Bertz CT molecular complexity index is 856. The van der Waals surface area contributed by atoms with Crippen molar-refractivity contribution in [3.8, 4) is 5.75 Å². The van der Waals surface area contributed by atoms with Gasteiger partial charge in [-0.2, -0.15) is 0 Å². The first-order valence-corrected chi connectivity index (χ1v) is 8.97. The highest BCUT2D eigenvalue weighted by molar-refractivity contribution is 6.11. The highest BCUT2D eigenvalue weighted by Gasteiger charge is 2.56. The quantitative estimate of drug-likeness (QED) is 0.846. The summed E-state index contributed by atoms with van der Waals surface area (Å²) in [4.78, 5) is 15.5. The third kappa shape index (κ3) is 2.00. The van der Waals surface area contributed by atoms with Crippen LogP contribution >= 0.6 is 0 Å². The Hall–Kier alpha value is -2.33. The molecule has 0 N–H and O–H groups in total. The molecule has 128 valence electrons. The number of hydrogen-bond acceptors (Lipinski definition) is 3. The lowest BCUT2D eigenvalue weighted by Crippen LogP contribution is -2.44. The maximum absolute atomic E-state index is 13.6. The van der Waals surface area contributed by atoms with Gasteiger partial charge < -0.3 is 14.4 Å². The molecule has 0 aromatic heterocycles. The number of anilines is 1. The van der Waals surface area contributed by atoms with E-state index in [4.69, 9.17) is 9.47 Å². The Morgan fingerprint density at radius 1 is 1.20 bits per heavy atom. The summed E-state index contributed by atoms with van der Waals surface area (Å²) in [6.07, 6.45) is 2.22. The van der Waals surface area contributed by atoms with Gasteiger partial charge in [0.2, 0.25) is 5.91 Å². The fourth-order valence-corrected chi connectivity index (χ4v) is 4.46. The Morgan fingerprint density at radius 3 is 2.92 bits per heavy atom. The number of carbonyl (C=O) groups excluding carboxylic acids is 1. The first-order valence-electron chi connectivity index (χ1n) is 8.97. The molecule has 2 aromatic carbocycles. The fraction of sp³-hybridized carbons (Fsp3) is 0.381. The monoisotopic (exact) mass is 335 g/mol. The van der Waals surface area contributed by atoms with Crippen molar-refractivity contribution in [1.82, 2.24) is 0 Å². The molecular weight excluding hydrogens is 314 g/mol. The number of fused-ring (bicyclic) bond motifs is 4. The molecule has 5 rings (SSSR count). The summed E-state index contributed by atoms with van der Waals surface area (Å²) >= 11 is 0. The maximum atomic E-state index is 13.6. The SMILES string of the molecule is Cc1ccc2c(c1)OCC21C(=O)N(CC2CCCO2)c2ccccc21. The van der Waals surface area contributed by atoms with Crippen LogP contribution in [0.5, 0.6) is 5.75 Å². The van der Waals surface area contributed by atoms with Crippen molar-refractivity contribution in [2.45, 2.75) is 31.3 Å². The van der Waals surface area contributed by atoms with E-state index in [0.29, 0.717) is 13.2 Å². The molecule has 4 heteroatoms. The first kappa shape index (κ1) is 15.0. The zero-order chi connectivity index (χ0) is 17.0. The van der Waals surface area contributed by atoms with Crippen molar-refractivity contribution < 1.29 is 14.3 Å². The Kier molecular flexibility index (Phi) is 3.19. The third-order valence-electron chi connectivity index (χ3n) is 5.72. The van der Waals surface area contributed by atoms with Crippen molar-refractivity contribution in [3.05, 3.63) is 59.2 Å². The maximum Gasteiger partial charge on any atom is 0.245 e. The molecule has 2 aromatic rings. The van der Waals surface area contributed by atoms with E-state index in [0.717, 1.165) is 47.6 Å². The van der Waals surface area contributed by atoms with Gasteiger partial charge in [-0.25, -0.2) is 0 Å². The van der Waals surface area contributed by atoms with Crippen LogP contribution < -0.4 is 9.64 Å². The average Bonchev–Trinajstić information content (AvgIpc) is 3.31. The minimum absolute atomic E-state index is 0.117. The molecule has 2 atom stereocenters. The van der Waals surface area contributed by atoms with Gasteiger partial charge in [0.15, 0.2) is 0 Å². The van der Waals surface area contributed by atoms with Gasteiger partial charge in [-0.15, -0.1) is 0 Å². The summed E-state index contributed by atoms with van der Waals surface area (Å²) in [5, 5.41) is 0. The lowest BCUT2D eigenvalue weighted by Gasteiger charge is -2.24. The van der Waals surface area contributed by atoms with Crippen LogP contribution in [0.25, 0.3) is 0 Å². The lowest BCUT2D eigenvalue weighted by atomic mass is 9.77. The highest BCUT2D eigenvalue weighted by Crippen LogP contribution is 2.52. The predicted octanol–water partition coefficient (Wildman–Crippen LogP) is 3.20. The second-order valence-electron chi connectivity index (χ2n) is 7.26. The van der Waals surface area contributed by atoms with Crippen LogP contribution in [-0.2, 0) is 14.9 Å². The fourth-order valence-electron chi connectivity index (χ4n) is 4.46.